The lowest BCUT2D eigenvalue weighted by atomic mass is 9.65. The number of hydrogen-bond acceptors (Lipinski definition) is 3. The topological polar surface area (TPSA) is 57.7 Å². The van der Waals surface area contributed by atoms with Crippen molar-refractivity contribution in [2.75, 3.05) is 23.7 Å². The van der Waals surface area contributed by atoms with Crippen molar-refractivity contribution in [2.24, 2.45) is 5.41 Å². The molecule has 0 bridgehead atoms. The Balaban J connectivity index is 2.28. The molecule has 2 rings (SSSR count). The molecule has 0 aliphatic carbocycles. The van der Waals surface area contributed by atoms with Gasteiger partial charge in [-0.1, -0.05) is 32.0 Å². The lowest BCUT2D eigenvalue weighted by Crippen LogP contribution is -2.71. The zero-order valence-corrected chi connectivity index (χ0v) is 15.6. The van der Waals surface area contributed by atoms with E-state index in [1.165, 1.54) is 4.31 Å². The number of hydrogen-bond donors (Lipinski definition) is 0. The molecule has 0 N–H and O–H groups in total. The maximum Gasteiger partial charge on any atom is 0.243 e. The Kier molecular flexibility index (Phi) is 4.26. The van der Waals surface area contributed by atoms with Gasteiger partial charge >= 0.3 is 0 Å². The second-order valence-corrected chi connectivity index (χ2v) is 9.39. The molecule has 5 nitrogen and oxygen atoms in total. The van der Waals surface area contributed by atoms with Crippen molar-refractivity contribution in [3.63, 3.8) is 0 Å². The number of amides is 1. The van der Waals surface area contributed by atoms with Gasteiger partial charge in [-0.05, 0) is 32.4 Å². The van der Waals surface area contributed by atoms with Crippen LogP contribution in [0.4, 0.5) is 5.69 Å². The van der Waals surface area contributed by atoms with Crippen molar-refractivity contribution < 1.29 is 13.2 Å². The first-order valence-corrected chi connectivity index (χ1v) is 9.56. The molecule has 1 aromatic rings. The Morgan fingerprint density at radius 2 is 1.78 bits per heavy atom. The molecular formula is C17H26N2O3S. The van der Waals surface area contributed by atoms with Crippen LogP contribution in [0.15, 0.2) is 24.3 Å². The molecule has 0 aromatic heterocycles. The van der Waals surface area contributed by atoms with Gasteiger partial charge in [0.1, 0.15) is 6.54 Å². The standard InChI is InChI=1S/C17H26N2O3S/c1-13-9-7-8-10-14(13)19(23(6,21)22)11-15(20)18-12-16(2,3)17(18,4)5/h7-10H,11-12H2,1-6H3. The lowest BCUT2D eigenvalue weighted by Gasteiger charge is -2.61. The zero-order chi connectivity index (χ0) is 17.6. The third kappa shape index (κ3) is 3.09. The zero-order valence-electron chi connectivity index (χ0n) is 14.8. The van der Waals surface area contributed by atoms with Gasteiger partial charge in [-0.2, -0.15) is 0 Å². The van der Waals surface area contributed by atoms with Crippen LogP contribution >= 0.6 is 0 Å². The number of nitrogens with zero attached hydrogens (tertiary/aromatic N) is 2. The van der Waals surface area contributed by atoms with Crippen LogP contribution in [0, 0.1) is 12.3 Å². The summed E-state index contributed by atoms with van der Waals surface area (Å²) < 4.78 is 25.6. The average Bonchev–Trinajstić information content (AvgIpc) is 2.42. The van der Waals surface area contributed by atoms with Crippen molar-refractivity contribution in [1.29, 1.82) is 0 Å². The minimum Gasteiger partial charge on any atom is -0.335 e. The Morgan fingerprint density at radius 3 is 2.22 bits per heavy atom. The summed E-state index contributed by atoms with van der Waals surface area (Å²) in [5.41, 5.74) is 1.13. The molecule has 23 heavy (non-hydrogen) atoms. The van der Waals surface area contributed by atoms with Crippen molar-refractivity contribution in [1.82, 2.24) is 4.90 Å². The Labute approximate surface area is 139 Å². The van der Waals surface area contributed by atoms with Gasteiger partial charge in [-0.15, -0.1) is 0 Å². The number of likely N-dealkylation sites (tertiary alicyclic amines) is 1. The molecule has 1 saturated heterocycles. The van der Waals surface area contributed by atoms with Crippen LogP contribution in [0.1, 0.15) is 33.3 Å². The van der Waals surface area contributed by atoms with Crippen molar-refractivity contribution >= 4 is 21.6 Å². The van der Waals surface area contributed by atoms with Crippen LogP contribution in [0.5, 0.6) is 0 Å². The molecule has 1 aromatic carbocycles. The first-order valence-electron chi connectivity index (χ1n) is 7.72. The molecule has 0 atom stereocenters. The first-order chi connectivity index (χ1) is 10.4. The van der Waals surface area contributed by atoms with E-state index in [9.17, 15) is 13.2 Å². The summed E-state index contributed by atoms with van der Waals surface area (Å²) in [4.78, 5) is 14.5. The maximum atomic E-state index is 12.7. The van der Waals surface area contributed by atoms with E-state index in [-0.39, 0.29) is 23.4 Å². The molecule has 1 amide bonds. The summed E-state index contributed by atoms with van der Waals surface area (Å²) in [6.07, 6.45) is 1.14. The third-order valence-electron chi connectivity index (χ3n) is 5.25. The van der Waals surface area contributed by atoms with Crippen molar-refractivity contribution in [2.45, 2.75) is 40.2 Å². The fourth-order valence-electron chi connectivity index (χ4n) is 2.89. The molecule has 1 aliphatic heterocycles. The second kappa shape index (κ2) is 5.51. The number of carbonyl (C=O) groups is 1. The van der Waals surface area contributed by atoms with E-state index >= 15 is 0 Å². The van der Waals surface area contributed by atoms with Crippen LogP contribution in [0.3, 0.4) is 0 Å². The lowest BCUT2D eigenvalue weighted by molar-refractivity contribution is -0.165. The highest BCUT2D eigenvalue weighted by Crippen LogP contribution is 2.46. The Hall–Kier alpha value is -1.56. The number of carbonyl (C=O) groups excluding carboxylic acids is 1. The van der Waals surface area contributed by atoms with E-state index in [1.807, 2.05) is 32.9 Å². The number of aryl methyl sites for hydroxylation is 1. The molecule has 1 fully saturated rings. The fourth-order valence-corrected chi connectivity index (χ4v) is 3.80. The van der Waals surface area contributed by atoms with Gasteiger partial charge < -0.3 is 4.90 Å². The van der Waals surface area contributed by atoms with Crippen molar-refractivity contribution in [3.05, 3.63) is 29.8 Å². The quantitative estimate of drug-likeness (QED) is 0.847. The molecule has 128 valence electrons. The molecule has 1 aliphatic rings. The van der Waals surface area contributed by atoms with Gasteiger partial charge in [0.15, 0.2) is 0 Å². The van der Waals surface area contributed by atoms with Crippen LogP contribution in [0.25, 0.3) is 0 Å². The van der Waals surface area contributed by atoms with Gasteiger partial charge in [0, 0.05) is 17.5 Å². The minimum absolute atomic E-state index is 0.0290. The molecule has 0 spiro atoms. The maximum absolute atomic E-state index is 12.7. The molecular weight excluding hydrogens is 312 g/mol. The first kappa shape index (κ1) is 17.8. The summed E-state index contributed by atoms with van der Waals surface area (Å²) in [6.45, 7) is 10.6. The predicted octanol–water partition coefficient (Wildman–Crippen LogP) is 2.41. The van der Waals surface area contributed by atoms with E-state index in [0.717, 1.165) is 11.8 Å². The van der Waals surface area contributed by atoms with E-state index in [2.05, 4.69) is 13.8 Å². The minimum atomic E-state index is -3.53. The Morgan fingerprint density at radius 1 is 1.22 bits per heavy atom. The summed E-state index contributed by atoms with van der Waals surface area (Å²) in [5, 5.41) is 0. The van der Waals surface area contributed by atoms with Crippen LogP contribution in [0.2, 0.25) is 0 Å². The summed E-state index contributed by atoms with van der Waals surface area (Å²) >= 11 is 0. The van der Waals surface area contributed by atoms with Gasteiger partial charge in [0.05, 0.1) is 11.9 Å². The molecule has 0 radical (unpaired) electrons. The third-order valence-corrected chi connectivity index (χ3v) is 6.38. The number of sulfonamides is 1. The van der Waals surface area contributed by atoms with Gasteiger partial charge in [0.25, 0.3) is 0 Å². The van der Waals surface area contributed by atoms with Gasteiger partial charge in [0.2, 0.25) is 15.9 Å². The Bertz CT molecular complexity index is 723. The summed E-state index contributed by atoms with van der Waals surface area (Å²) in [7, 11) is -3.53. The molecule has 0 saturated carbocycles. The van der Waals surface area contributed by atoms with E-state index in [0.29, 0.717) is 12.2 Å². The highest BCUT2D eigenvalue weighted by molar-refractivity contribution is 7.92. The van der Waals surface area contributed by atoms with E-state index in [4.69, 9.17) is 0 Å². The van der Waals surface area contributed by atoms with Crippen LogP contribution in [-0.4, -0.2) is 44.1 Å². The smallest absolute Gasteiger partial charge is 0.243 e. The molecule has 6 heteroatoms. The summed E-state index contributed by atoms with van der Waals surface area (Å²) in [5.74, 6) is -0.164. The highest BCUT2D eigenvalue weighted by atomic mass is 32.2. The average molecular weight is 338 g/mol. The van der Waals surface area contributed by atoms with Crippen LogP contribution in [-0.2, 0) is 14.8 Å². The number of benzene rings is 1. The SMILES string of the molecule is Cc1ccccc1N(CC(=O)N1CC(C)(C)C1(C)C)S(C)(=O)=O. The number of anilines is 1. The highest BCUT2D eigenvalue weighted by Gasteiger charge is 2.54. The predicted molar refractivity (Wildman–Crippen MR) is 92.9 cm³/mol. The normalized spacial score (nSPS) is 19.1. The number of para-hydroxylation sites is 1. The molecule has 1 heterocycles. The van der Waals surface area contributed by atoms with Crippen LogP contribution < -0.4 is 4.31 Å². The van der Waals surface area contributed by atoms with Gasteiger partial charge in [-0.3, -0.25) is 9.10 Å². The van der Waals surface area contributed by atoms with Crippen molar-refractivity contribution in [3.8, 4) is 0 Å². The van der Waals surface area contributed by atoms with E-state index in [1.54, 1.807) is 17.0 Å². The van der Waals surface area contributed by atoms with E-state index < -0.39 is 10.0 Å². The monoisotopic (exact) mass is 338 g/mol. The molecule has 0 unspecified atom stereocenters. The number of rotatable bonds is 4. The summed E-state index contributed by atoms with van der Waals surface area (Å²) in [6, 6.07) is 7.20. The largest absolute Gasteiger partial charge is 0.335 e. The fraction of sp³-hybridized carbons (Fsp3) is 0.588. The second-order valence-electron chi connectivity index (χ2n) is 7.48. The van der Waals surface area contributed by atoms with Gasteiger partial charge in [-0.25, -0.2) is 8.42 Å².